The van der Waals surface area contributed by atoms with E-state index in [1.165, 1.54) is 12.1 Å². The van der Waals surface area contributed by atoms with E-state index in [4.69, 9.17) is 5.11 Å². The number of rotatable bonds is 3. The number of benzene rings is 1. The Morgan fingerprint density at radius 1 is 1.42 bits per heavy atom. The summed E-state index contributed by atoms with van der Waals surface area (Å²) in [5.41, 5.74) is 0.715. The minimum absolute atomic E-state index is 0.00951. The molecule has 0 aliphatic carbocycles. The van der Waals surface area contributed by atoms with E-state index in [0.29, 0.717) is 11.7 Å². The van der Waals surface area contributed by atoms with Crippen LogP contribution in [0, 0.1) is 5.92 Å². The summed E-state index contributed by atoms with van der Waals surface area (Å²) in [6, 6.07) is 6.66. The zero-order valence-electron chi connectivity index (χ0n) is 10.8. The highest BCUT2D eigenvalue weighted by Crippen LogP contribution is 2.19. The lowest BCUT2D eigenvalue weighted by molar-refractivity contribution is -0.120. The van der Waals surface area contributed by atoms with Gasteiger partial charge in [-0.15, -0.1) is 0 Å². The zero-order valence-corrected chi connectivity index (χ0v) is 10.8. The highest BCUT2D eigenvalue weighted by atomic mass is 16.4. The van der Waals surface area contributed by atoms with E-state index in [1.54, 1.807) is 12.1 Å². The van der Waals surface area contributed by atoms with Crippen molar-refractivity contribution in [2.75, 3.05) is 11.9 Å². The molecule has 102 valence electrons. The van der Waals surface area contributed by atoms with E-state index in [1.807, 2.05) is 0 Å². The zero-order chi connectivity index (χ0) is 13.8. The molecule has 1 aliphatic heterocycles. The van der Waals surface area contributed by atoms with Crippen LogP contribution in [0.15, 0.2) is 24.3 Å². The van der Waals surface area contributed by atoms with Gasteiger partial charge in [-0.1, -0.05) is 6.07 Å². The average molecular weight is 262 g/mol. The van der Waals surface area contributed by atoms with Crippen molar-refractivity contribution in [1.82, 2.24) is 5.32 Å². The molecule has 1 aromatic rings. The first-order valence-corrected chi connectivity index (χ1v) is 6.44. The average Bonchev–Trinajstić information content (AvgIpc) is 2.39. The fourth-order valence-electron chi connectivity index (χ4n) is 2.34. The summed E-state index contributed by atoms with van der Waals surface area (Å²) in [5.74, 6) is -1.03. The number of carbonyl (C=O) groups is 2. The van der Waals surface area contributed by atoms with Crippen LogP contribution in [0.5, 0.6) is 0 Å². The minimum Gasteiger partial charge on any atom is -0.478 e. The molecule has 3 N–H and O–H groups in total. The molecule has 5 nitrogen and oxygen atoms in total. The van der Waals surface area contributed by atoms with Crippen molar-refractivity contribution in [1.29, 1.82) is 0 Å². The number of amides is 1. The second-order valence-corrected chi connectivity index (χ2v) is 4.95. The van der Waals surface area contributed by atoms with Gasteiger partial charge in [0.25, 0.3) is 0 Å². The summed E-state index contributed by atoms with van der Waals surface area (Å²) in [7, 11) is 0. The van der Waals surface area contributed by atoms with Gasteiger partial charge in [-0.25, -0.2) is 4.79 Å². The number of nitrogens with one attached hydrogen (secondary N) is 2. The van der Waals surface area contributed by atoms with Crippen molar-refractivity contribution in [3.8, 4) is 0 Å². The number of hydrogen-bond acceptors (Lipinski definition) is 3. The summed E-state index contributed by atoms with van der Waals surface area (Å²) in [6.07, 6.45) is 1.62. The largest absolute Gasteiger partial charge is 0.478 e. The van der Waals surface area contributed by atoms with Crippen molar-refractivity contribution < 1.29 is 14.7 Å². The van der Waals surface area contributed by atoms with Gasteiger partial charge in [0.2, 0.25) is 5.91 Å². The van der Waals surface area contributed by atoms with Crippen molar-refractivity contribution in [3.05, 3.63) is 29.8 Å². The monoisotopic (exact) mass is 262 g/mol. The summed E-state index contributed by atoms with van der Waals surface area (Å²) < 4.78 is 0. The van der Waals surface area contributed by atoms with Crippen molar-refractivity contribution in [2.45, 2.75) is 25.8 Å². The summed E-state index contributed by atoms with van der Waals surface area (Å²) in [5, 5.41) is 15.0. The van der Waals surface area contributed by atoms with Gasteiger partial charge in [0, 0.05) is 17.6 Å². The number of carboxylic acids is 1. The number of carboxylic acid groups (broad SMARTS) is 1. The molecule has 19 heavy (non-hydrogen) atoms. The molecule has 1 aromatic carbocycles. The van der Waals surface area contributed by atoms with Crippen LogP contribution in [0.25, 0.3) is 0 Å². The Morgan fingerprint density at radius 3 is 2.89 bits per heavy atom. The second kappa shape index (κ2) is 5.84. The first-order valence-electron chi connectivity index (χ1n) is 6.44. The Kier molecular flexibility index (Phi) is 4.16. The molecule has 0 saturated carbocycles. The normalized spacial score (nSPS) is 22.8. The number of carbonyl (C=O) groups excluding carboxylic acids is 1. The Bertz CT molecular complexity index is 487. The molecule has 5 heteroatoms. The van der Waals surface area contributed by atoms with Crippen LogP contribution in [-0.4, -0.2) is 29.6 Å². The van der Waals surface area contributed by atoms with Gasteiger partial charge >= 0.3 is 5.97 Å². The van der Waals surface area contributed by atoms with E-state index in [-0.39, 0.29) is 17.4 Å². The third kappa shape index (κ3) is 3.54. The fraction of sp³-hybridized carbons (Fsp3) is 0.429. The van der Waals surface area contributed by atoms with Gasteiger partial charge in [-0.3, -0.25) is 4.79 Å². The highest BCUT2D eigenvalue weighted by Gasteiger charge is 2.24. The SMILES string of the molecule is CC1CC(C(=O)Nc2cccc(C(=O)O)c2)CCN1. The standard InChI is InChI=1S/C14H18N2O3/c1-9-7-10(5-6-15-9)13(17)16-12-4-2-3-11(8-12)14(18)19/h2-4,8-10,15H,5-7H2,1H3,(H,16,17)(H,18,19). The second-order valence-electron chi connectivity index (χ2n) is 4.95. The van der Waals surface area contributed by atoms with Gasteiger partial charge in [0.1, 0.15) is 0 Å². The maximum atomic E-state index is 12.1. The van der Waals surface area contributed by atoms with Crippen LogP contribution in [0.3, 0.4) is 0 Å². The van der Waals surface area contributed by atoms with E-state index in [0.717, 1.165) is 19.4 Å². The molecule has 0 spiro atoms. The molecule has 1 amide bonds. The molecule has 1 saturated heterocycles. The molecular formula is C14H18N2O3. The first-order chi connectivity index (χ1) is 9.06. The van der Waals surface area contributed by atoms with Gasteiger partial charge in [-0.05, 0) is 44.5 Å². The predicted molar refractivity (Wildman–Crippen MR) is 72.2 cm³/mol. The lowest BCUT2D eigenvalue weighted by Gasteiger charge is -2.27. The van der Waals surface area contributed by atoms with Gasteiger partial charge in [0.15, 0.2) is 0 Å². The Balaban J connectivity index is 2.02. The van der Waals surface area contributed by atoms with Gasteiger partial charge < -0.3 is 15.7 Å². The lowest BCUT2D eigenvalue weighted by Crippen LogP contribution is -2.40. The summed E-state index contributed by atoms with van der Waals surface area (Å²) >= 11 is 0. The van der Waals surface area contributed by atoms with Crippen LogP contribution >= 0.6 is 0 Å². The van der Waals surface area contributed by atoms with E-state index < -0.39 is 5.97 Å². The fourth-order valence-corrected chi connectivity index (χ4v) is 2.34. The first kappa shape index (κ1) is 13.5. The molecule has 1 heterocycles. The van der Waals surface area contributed by atoms with E-state index >= 15 is 0 Å². The quantitative estimate of drug-likeness (QED) is 0.775. The third-order valence-corrected chi connectivity index (χ3v) is 3.37. The molecule has 2 atom stereocenters. The molecule has 2 rings (SSSR count). The minimum atomic E-state index is -0.994. The van der Waals surface area contributed by atoms with Crippen LogP contribution in [-0.2, 0) is 4.79 Å². The van der Waals surface area contributed by atoms with Crippen molar-refractivity contribution >= 4 is 17.6 Å². The molecule has 0 bridgehead atoms. The molecule has 1 aliphatic rings. The van der Waals surface area contributed by atoms with Gasteiger partial charge in [0.05, 0.1) is 5.56 Å². The number of hydrogen-bond donors (Lipinski definition) is 3. The topological polar surface area (TPSA) is 78.4 Å². The Hall–Kier alpha value is -1.88. The van der Waals surface area contributed by atoms with Crippen LogP contribution in [0.4, 0.5) is 5.69 Å². The summed E-state index contributed by atoms with van der Waals surface area (Å²) in [6.45, 7) is 2.90. The predicted octanol–water partition coefficient (Wildman–Crippen LogP) is 1.71. The lowest BCUT2D eigenvalue weighted by atomic mass is 9.92. The van der Waals surface area contributed by atoms with Gasteiger partial charge in [-0.2, -0.15) is 0 Å². The number of aromatic carboxylic acids is 1. The smallest absolute Gasteiger partial charge is 0.335 e. The number of piperidine rings is 1. The van der Waals surface area contributed by atoms with E-state index in [2.05, 4.69) is 17.6 Å². The molecular weight excluding hydrogens is 244 g/mol. The molecule has 2 unspecified atom stereocenters. The van der Waals surface area contributed by atoms with Crippen molar-refractivity contribution in [3.63, 3.8) is 0 Å². The molecule has 0 radical (unpaired) electrons. The van der Waals surface area contributed by atoms with Crippen LogP contribution < -0.4 is 10.6 Å². The molecule has 0 aromatic heterocycles. The Morgan fingerprint density at radius 2 is 2.21 bits per heavy atom. The highest BCUT2D eigenvalue weighted by molar-refractivity contribution is 5.95. The molecule has 1 fully saturated rings. The third-order valence-electron chi connectivity index (χ3n) is 3.37. The maximum absolute atomic E-state index is 12.1. The van der Waals surface area contributed by atoms with Crippen LogP contribution in [0.1, 0.15) is 30.1 Å². The summed E-state index contributed by atoms with van der Waals surface area (Å²) in [4.78, 5) is 23.0. The number of anilines is 1. The van der Waals surface area contributed by atoms with Crippen molar-refractivity contribution in [2.24, 2.45) is 5.92 Å². The Labute approximate surface area is 112 Å². The van der Waals surface area contributed by atoms with E-state index in [9.17, 15) is 9.59 Å². The van der Waals surface area contributed by atoms with Crippen LogP contribution in [0.2, 0.25) is 0 Å². The maximum Gasteiger partial charge on any atom is 0.335 e.